The molecule has 2 aromatic rings. The summed E-state index contributed by atoms with van der Waals surface area (Å²) in [4.78, 5) is 12.4. The maximum absolute atomic E-state index is 12.4. The van der Waals surface area contributed by atoms with E-state index < -0.39 is 6.04 Å². The van der Waals surface area contributed by atoms with E-state index in [9.17, 15) is 4.79 Å². The summed E-state index contributed by atoms with van der Waals surface area (Å²) in [5.41, 5.74) is 2.08. The summed E-state index contributed by atoms with van der Waals surface area (Å²) in [6.07, 6.45) is 1.69. The smallest absolute Gasteiger partial charge is 0.338 e. The van der Waals surface area contributed by atoms with Gasteiger partial charge in [-0.2, -0.15) is 5.10 Å². The van der Waals surface area contributed by atoms with Gasteiger partial charge in [-0.05, 0) is 19.9 Å². The standard InChI is InChI=1S/C16H16ClN3O2/c1-3-22-16(21)14-10(2)19-13-8-9-18-20(13)15(14)11-6-4-5-7-12(11)17/h4-9,15,19H,3H2,1-2H3. The number of halogens is 1. The van der Waals surface area contributed by atoms with E-state index in [0.717, 1.165) is 17.1 Å². The molecule has 3 rings (SSSR count). The summed E-state index contributed by atoms with van der Waals surface area (Å²) < 4.78 is 6.96. The largest absolute Gasteiger partial charge is 0.463 e. The van der Waals surface area contributed by atoms with Gasteiger partial charge >= 0.3 is 5.97 Å². The minimum absolute atomic E-state index is 0.316. The Morgan fingerprint density at radius 3 is 2.91 bits per heavy atom. The van der Waals surface area contributed by atoms with E-state index >= 15 is 0 Å². The molecule has 114 valence electrons. The first kappa shape index (κ1) is 14.7. The van der Waals surface area contributed by atoms with Gasteiger partial charge in [0.15, 0.2) is 0 Å². The first-order valence-corrected chi connectivity index (χ1v) is 7.44. The van der Waals surface area contributed by atoms with Crippen molar-refractivity contribution in [3.05, 3.63) is 58.4 Å². The molecule has 5 nitrogen and oxygen atoms in total. The highest BCUT2D eigenvalue weighted by Crippen LogP contribution is 2.38. The highest BCUT2D eigenvalue weighted by Gasteiger charge is 2.34. The van der Waals surface area contributed by atoms with Crippen LogP contribution in [0.1, 0.15) is 25.5 Å². The second-order valence-corrected chi connectivity index (χ2v) is 5.38. The van der Waals surface area contributed by atoms with Gasteiger partial charge in [-0.15, -0.1) is 0 Å². The number of carbonyl (C=O) groups is 1. The van der Waals surface area contributed by atoms with E-state index in [-0.39, 0.29) is 5.97 Å². The molecule has 0 bridgehead atoms. The van der Waals surface area contributed by atoms with Crippen molar-refractivity contribution in [2.45, 2.75) is 19.9 Å². The Kier molecular flexibility index (Phi) is 3.90. The number of hydrogen-bond acceptors (Lipinski definition) is 4. The van der Waals surface area contributed by atoms with Gasteiger partial charge in [0.05, 0.1) is 18.4 Å². The van der Waals surface area contributed by atoms with Gasteiger partial charge < -0.3 is 10.1 Å². The summed E-state index contributed by atoms with van der Waals surface area (Å²) in [6, 6.07) is 8.91. The van der Waals surface area contributed by atoms with Gasteiger partial charge in [-0.1, -0.05) is 29.8 Å². The number of rotatable bonds is 3. The van der Waals surface area contributed by atoms with Crippen LogP contribution in [0.25, 0.3) is 0 Å². The number of esters is 1. The van der Waals surface area contributed by atoms with Crippen LogP contribution in [-0.4, -0.2) is 22.4 Å². The summed E-state index contributed by atoms with van der Waals surface area (Å²) in [6.45, 7) is 3.96. The summed E-state index contributed by atoms with van der Waals surface area (Å²) in [7, 11) is 0. The molecule has 0 saturated carbocycles. The first-order valence-electron chi connectivity index (χ1n) is 7.06. The number of ether oxygens (including phenoxy) is 1. The Hall–Kier alpha value is -2.27. The number of aromatic nitrogens is 2. The zero-order valence-corrected chi connectivity index (χ0v) is 13.1. The lowest BCUT2D eigenvalue weighted by molar-refractivity contribution is -0.139. The fraction of sp³-hybridized carbons (Fsp3) is 0.250. The van der Waals surface area contributed by atoms with E-state index in [1.807, 2.05) is 31.2 Å². The number of fused-ring (bicyclic) bond motifs is 1. The highest BCUT2D eigenvalue weighted by molar-refractivity contribution is 6.31. The van der Waals surface area contributed by atoms with Crippen LogP contribution in [0.5, 0.6) is 0 Å². The lowest BCUT2D eigenvalue weighted by Gasteiger charge is -2.29. The van der Waals surface area contributed by atoms with Crippen molar-refractivity contribution < 1.29 is 9.53 Å². The topological polar surface area (TPSA) is 56.1 Å². The summed E-state index contributed by atoms with van der Waals surface area (Å²) in [5.74, 6) is 0.453. The third kappa shape index (κ3) is 2.37. The fourth-order valence-electron chi connectivity index (χ4n) is 2.66. The van der Waals surface area contributed by atoms with Crippen LogP contribution in [0.3, 0.4) is 0 Å². The Morgan fingerprint density at radius 2 is 2.18 bits per heavy atom. The molecular weight excluding hydrogens is 302 g/mol. The van der Waals surface area contributed by atoms with Gasteiger partial charge in [0.25, 0.3) is 0 Å². The lowest BCUT2D eigenvalue weighted by atomic mass is 9.95. The number of nitrogens with zero attached hydrogens (tertiary/aromatic N) is 2. The van der Waals surface area contributed by atoms with Crippen molar-refractivity contribution in [1.82, 2.24) is 9.78 Å². The average molecular weight is 318 g/mol. The maximum atomic E-state index is 12.4. The van der Waals surface area contributed by atoms with Gasteiger partial charge in [0.1, 0.15) is 11.9 Å². The summed E-state index contributed by atoms with van der Waals surface area (Å²) in [5, 5.41) is 8.11. The maximum Gasteiger partial charge on any atom is 0.338 e. The minimum Gasteiger partial charge on any atom is -0.463 e. The second-order valence-electron chi connectivity index (χ2n) is 4.97. The molecule has 0 radical (unpaired) electrons. The highest BCUT2D eigenvalue weighted by atomic mass is 35.5. The second kappa shape index (κ2) is 5.85. The molecule has 1 unspecified atom stereocenters. The Bertz CT molecular complexity index is 751. The van der Waals surface area contributed by atoms with Crippen LogP contribution in [-0.2, 0) is 9.53 Å². The number of benzene rings is 1. The van der Waals surface area contributed by atoms with Crippen LogP contribution < -0.4 is 5.32 Å². The Balaban J connectivity index is 2.18. The summed E-state index contributed by atoms with van der Waals surface area (Å²) >= 11 is 6.35. The molecule has 1 aromatic heterocycles. The molecular formula is C16H16ClN3O2. The molecule has 1 aliphatic heterocycles. The molecule has 0 amide bonds. The van der Waals surface area contributed by atoms with Crippen molar-refractivity contribution in [3.8, 4) is 0 Å². The molecule has 6 heteroatoms. The number of carbonyl (C=O) groups excluding carboxylic acids is 1. The monoisotopic (exact) mass is 317 g/mol. The van der Waals surface area contributed by atoms with Crippen molar-refractivity contribution in [3.63, 3.8) is 0 Å². The number of allylic oxidation sites excluding steroid dienone is 1. The third-order valence-corrected chi connectivity index (χ3v) is 3.95. The molecule has 0 fully saturated rings. The number of nitrogens with one attached hydrogen (secondary N) is 1. The van der Waals surface area contributed by atoms with Crippen molar-refractivity contribution >= 4 is 23.4 Å². The average Bonchev–Trinajstić information content (AvgIpc) is 2.94. The predicted molar refractivity (Wildman–Crippen MR) is 84.8 cm³/mol. The molecule has 22 heavy (non-hydrogen) atoms. The van der Waals surface area contributed by atoms with Gasteiger partial charge in [0, 0.05) is 22.3 Å². The molecule has 1 aromatic carbocycles. The SMILES string of the molecule is CCOC(=O)C1=C(C)Nc2ccnn2C1c1ccccc1Cl. The van der Waals surface area contributed by atoms with Crippen molar-refractivity contribution in [2.75, 3.05) is 11.9 Å². The predicted octanol–water partition coefficient (Wildman–Crippen LogP) is 3.39. The molecule has 1 atom stereocenters. The minimum atomic E-state index is -0.404. The molecule has 1 aliphatic rings. The van der Waals surface area contributed by atoms with E-state index in [1.54, 1.807) is 23.9 Å². The quantitative estimate of drug-likeness (QED) is 0.882. The molecule has 0 aliphatic carbocycles. The third-order valence-electron chi connectivity index (χ3n) is 3.60. The van der Waals surface area contributed by atoms with Gasteiger partial charge in [0.2, 0.25) is 0 Å². The first-order chi connectivity index (χ1) is 10.6. The van der Waals surface area contributed by atoms with Crippen LogP contribution in [0, 0.1) is 0 Å². The normalized spacial score (nSPS) is 17.0. The Labute approximate surface area is 133 Å². The molecule has 2 heterocycles. The van der Waals surface area contributed by atoms with Crippen molar-refractivity contribution in [1.29, 1.82) is 0 Å². The molecule has 1 N–H and O–H groups in total. The lowest BCUT2D eigenvalue weighted by Crippen LogP contribution is -2.29. The Morgan fingerprint density at radius 1 is 1.41 bits per heavy atom. The van der Waals surface area contributed by atoms with E-state index in [0.29, 0.717) is 17.2 Å². The number of anilines is 1. The van der Waals surface area contributed by atoms with E-state index in [2.05, 4.69) is 10.4 Å². The van der Waals surface area contributed by atoms with Crippen molar-refractivity contribution in [2.24, 2.45) is 0 Å². The van der Waals surface area contributed by atoms with Gasteiger partial charge in [-0.3, -0.25) is 0 Å². The molecule has 0 saturated heterocycles. The molecule has 0 spiro atoms. The van der Waals surface area contributed by atoms with Crippen LogP contribution in [0.4, 0.5) is 5.82 Å². The van der Waals surface area contributed by atoms with E-state index in [1.165, 1.54) is 0 Å². The zero-order valence-electron chi connectivity index (χ0n) is 12.3. The number of hydrogen-bond donors (Lipinski definition) is 1. The zero-order chi connectivity index (χ0) is 15.7. The van der Waals surface area contributed by atoms with Crippen LogP contribution in [0.2, 0.25) is 5.02 Å². The van der Waals surface area contributed by atoms with Crippen LogP contribution in [0.15, 0.2) is 47.8 Å². The van der Waals surface area contributed by atoms with Gasteiger partial charge in [-0.25, -0.2) is 9.48 Å². The van der Waals surface area contributed by atoms with E-state index in [4.69, 9.17) is 16.3 Å². The fourth-order valence-corrected chi connectivity index (χ4v) is 2.90. The van der Waals surface area contributed by atoms with Crippen LogP contribution >= 0.6 is 11.6 Å².